The summed E-state index contributed by atoms with van der Waals surface area (Å²) in [7, 11) is 0. The number of carbonyl (C=O) groups excluding carboxylic acids is 1. The van der Waals surface area contributed by atoms with E-state index in [1.54, 1.807) is 0 Å². The highest BCUT2D eigenvalue weighted by molar-refractivity contribution is 7.21. The summed E-state index contributed by atoms with van der Waals surface area (Å²) >= 11 is 1.53. The van der Waals surface area contributed by atoms with Crippen molar-refractivity contribution in [2.45, 2.75) is 52.1 Å². The highest BCUT2D eigenvalue weighted by atomic mass is 32.1. The molecule has 0 spiro atoms. The van der Waals surface area contributed by atoms with Gasteiger partial charge in [-0.15, -0.1) is 11.3 Å². The Bertz CT molecular complexity index is 681. The molecule has 2 atom stereocenters. The number of nitrogen functional groups attached to an aromatic ring is 1. The molecule has 2 unspecified atom stereocenters. The van der Waals surface area contributed by atoms with Gasteiger partial charge in [-0.3, -0.25) is 4.79 Å². The van der Waals surface area contributed by atoms with Crippen LogP contribution in [0.1, 0.15) is 48.3 Å². The van der Waals surface area contributed by atoms with Crippen LogP contribution in [0, 0.1) is 6.92 Å². The summed E-state index contributed by atoms with van der Waals surface area (Å²) in [5, 5.41) is 1.01. The van der Waals surface area contributed by atoms with E-state index in [9.17, 15) is 4.79 Å². The van der Waals surface area contributed by atoms with Gasteiger partial charge in [-0.25, -0.2) is 0 Å². The maximum Gasteiger partial charge on any atom is 0.266 e. The third-order valence-corrected chi connectivity index (χ3v) is 5.66. The predicted molar refractivity (Wildman–Crippen MR) is 89.9 cm³/mol. The summed E-state index contributed by atoms with van der Waals surface area (Å²) in [6.45, 7) is 6.34. The number of likely N-dealkylation sites (tertiary alicyclic amines) is 1. The Morgan fingerprint density at radius 3 is 2.62 bits per heavy atom. The molecular formula is C17H22N2OS. The molecule has 0 saturated carbocycles. The Hall–Kier alpha value is -1.55. The lowest BCUT2D eigenvalue weighted by Crippen LogP contribution is -2.47. The lowest BCUT2D eigenvalue weighted by Gasteiger charge is -2.38. The van der Waals surface area contributed by atoms with Crippen LogP contribution < -0.4 is 5.73 Å². The van der Waals surface area contributed by atoms with Crippen molar-refractivity contribution in [1.29, 1.82) is 0 Å². The maximum atomic E-state index is 13.0. The molecule has 21 heavy (non-hydrogen) atoms. The zero-order chi connectivity index (χ0) is 15.1. The van der Waals surface area contributed by atoms with E-state index < -0.39 is 0 Å². The van der Waals surface area contributed by atoms with Gasteiger partial charge in [-0.05, 0) is 51.7 Å². The maximum absolute atomic E-state index is 13.0. The first-order valence-corrected chi connectivity index (χ1v) is 8.42. The van der Waals surface area contributed by atoms with Crippen LogP contribution in [0.3, 0.4) is 0 Å². The highest BCUT2D eigenvalue weighted by Crippen LogP contribution is 2.36. The molecule has 4 heteroatoms. The number of carbonyl (C=O) groups is 1. The van der Waals surface area contributed by atoms with Gasteiger partial charge in [0.1, 0.15) is 4.88 Å². The Labute approximate surface area is 129 Å². The number of hydrogen-bond donors (Lipinski definition) is 1. The second kappa shape index (κ2) is 5.34. The predicted octanol–water partition coefficient (Wildman–Crippen LogP) is 4.20. The van der Waals surface area contributed by atoms with E-state index in [-0.39, 0.29) is 5.91 Å². The Morgan fingerprint density at radius 2 is 1.95 bits per heavy atom. The van der Waals surface area contributed by atoms with Crippen molar-refractivity contribution < 1.29 is 4.79 Å². The Kier molecular flexibility index (Phi) is 3.66. The van der Waals surface area contributed by atoms with Crippen LogP contribution in [0.15, 0.2) is 18.2 Å². The fourth-order valence-corrected chi connectivity index (χ4v) is 4.49. The van der Waals surface area contributed by atoms with Crippen LogP contribution >= 0.6 is 11.3 Å². The van der Waals surface area contributed by atoms with Crippen molar-refractivity contribution >= 4 is 33.0 Å². The van der Waals surface area contributed by atoms with Crippen LogP contribution in [-0.2, 0) is 0 Å². The first-order valence-electron chi connectivity index (χ1n) is 7.60. The molecule has 2 aromatic rings. The monoisotopic (exact) mass is 302 g/mol. The number of benzene rings is 1. The molecule has 1 fully saturated rings. The zero-order valence-corrected chi connectivity index (χ0v) is 13.7. The number of piperidine rings is 1. The van der Waals surface area contributed by atoms with Crippen molar-refractivity contribution in [3.8, 4) is 0 Å². The van der Waals surface area contributed by atoms with Crippen LogP contribution in [0.25, 0.3) is 10.1 Å². The third-order valence-electron chi connectivity index (χ3n) is 4.51. The number of anilines is 1. The van der Waals surface area contributed by atoms with E-state index >= 15 is 0 Å². The lowest BCUT2D eigenvalue weighted by molar-refractivity contribution is 0.0517. The summed E-state index contributed by atoms with van der Waals surface area (Å²) in [4.78, 5) is 15.7. The number of thiophene rings is 1. The van der Waals surface area contributed by atoms with Gasteiger partial charge in [-0.1, -0.05) is 12.1 Å². The van der Waals surface area contributed by atoms with E-state index in [0.717, 1.165) is 22.9 Å². The summed E-state index contributed by atoms with van der Waals surface area (Å²) in [5.74, 6) is 0.103. The lowest BCUT2D eigenvalue weighted by atomic mass is 9.97. The number of nitrogens with zero attached hydrogens (tertiary/aromatic N) is 1. The van der Waals surface area contributed by atoms with Gasteiger partial charge in [0.15, 0.2) is 0 Å². The van der Waals surface area contributed by atoms with Crippen LogP contribution in [-0.4, -0.2) is 22.9 Å². The molecule has 0 bridgehead atoms. The number of amides is 1. The molecule has 2 N–H and O–H groups in total. The molecule has 1 aromatic carbocycles. The van der Waals surface area contributed by atoms with Gasteiger partial charge in [0.25, 0.3) is 5.91 Å². The van der Waals surface area contributed by atoms with Crippen LogP contribution in [0.2, 0.25) is 0 Å². The summed E-state index contributed by atoms with van der Waals surface area (Å²) in [5.41, 5.74) is 8.09. The molecule has 0 radical (unpaired) electrons. The normalized spacial score (nSPS) is 22.7. The zero-order valence-electron chi connectivity index (χ0n) is 12.8. The minimum Gasteiger partial charge on any atom is -0.397 e. The number of fused-ring (bicyclic) bond motifs is 1. The van der Waals surface area contributed by atoms with Crippen molar-refractivity contribution in [2.24, 2.45) is 0 Å². The van der Waals surface area contributed by atoms with Crippen molar-refractivity contribution in [2.75, 3.05) is 5.73 Å². The van der Waals surface area contributed by atoms with Gasteiger partial charge in [0.2, 0.25) is 0 Å². The second-order valence-electron chi connectivity index (χ2n) is 6.19. The first-order chi connectivity index (χ1) is 9.99. The van der Waals surface area contributed by atoms with Gasteiger partial charge >= 0.3 is 0 Å². The largest absolute Gasteiger partial charge is 0.397 e. The minimum absolute atomic E-state index is 0.103. The molecule has 3 rings (SSSR count). The summed E-state index contributed by atoms with van der Waals surface area (Å²) in [6.07, 6.45) is 3.37. The molecule has 1 saturated heterocycles. The van der Waals surface area contributed by atoms with Crippen molar-refractivity contribution in [1.82, 2.24) is 4.90 Å². The first kappa shape index (κ1) is 14.4. The molecule has 1 amide bonds. The topological polar surface area (TPSA) is 46.3 Å². The van der Waals surface area contributed by atoms with Crippen LogP contribution in [0.5, 0.6) is 0 Å². The quantitative estimate of drug-likeness (QED) is 0.858. The molecule has 2 heterocycles. The van der Waals surface area contributed by atoms with E-state index in [2.05, 4.69) is 26.8 Å². The van der Waals surface area contributed by atoms with E-state index in [0.29, 0.717) is 22.6 Å². The number of aryl methyl sites for hydroxylation is 1. The van der Waals surface area contributed by atoms with Crippen LogP contribution in [0.4, 0.5) is 5.69 Å². The standard InChI is InChI=1S/C17H22N2OS/c1-10-7-8-13-14(9-10)21-16(15(13)18)17(20)19-11(2)5-4-6-12(19)3/h7-9,11-12H,4-6,18H2,1-3H3. The molecule has 112 valence electrons. The third kappa shape index (κ3) is 2.42. The number of rotatable bonds is 1. The smallest absolute Gasteiger partial charge is 0.266 e. The van der Waals surface area contributed by atoms with Gasteiger partial charge in [0.05, 0.1) is 5.69 Å². The molecule has 1 aromatic heterocycles. The molecule has 3 nitrogen and oxygen atoms in total. The Balaban J connectivity index is 2.03. The SMILES string of the molecule is Cc1ccc2c(N)c(C(=O)N3C(C)CCCC3C)sc2c1. The molecule has 0 aliphatic carbocycles. The summed E-state index contributed by atoms with van der Waals surface area (Å²) in [6, 6.07) is 6.78. The van der Waals surface area contributed by atoms with Gasteiger partial charge in [-0.2, -0.15) is 0 Å². The fourth-order valence-electron chi connectivity index (χ4n) is 3.32. The van der Waals surface area contributed by atoms with Crippen molar-refractivity contribution in [3.63, 3.8) is 0 Å². The minimum atomic E-state index is 0.103. The van der Waals surface area contributed by atoms with E-state index in [1.165, 1.54) is 23.3 Å². The fraction of sp³-hybridized carbons (Fsp3) is 0.471. The molecule has 1 aliphatic heterocycles. The number of hydrogen-bond acceptors (Lipinski definition) is 3. The molecular weight excluding hydrogens is 280 g/mol. The van der Waals surface area contributed by atoms with Crippen molar-refractivity contribution in [3.05, 3.63) is 28.6 Å². The highest BCUT2D eigenvalue weighted by Gasteiger charge is 2.31. The average molecular weight is 302 g/mol. The van der Waals surface area contributed by atoms with E-state index in [1.807, 2.05) is 17.0 Å². The van der Waals surface area contributed by atoms with E-state index in [4.69, 9.17) is 5.73 Å². The summed E-state index contributed by atoms with van der Waals surface area (Å²) < 4.78 is 1.10. The average Bonchev–Trinajstić information content (AvgIpc) is 2.75. The van der Waals surface area contributed by atoms with Gasteiger partial charge < -0.3 is 10.6 Å². The second-order valence-corrected chi connectivity index (χ2v) is 7.24. The number of nitrogens with two attached hydrogens (primary N) is 1. The molecule has 1 aliphatic rings. The van der Waals surface area contributed by atoms with Gasteiger partial charge in [0, 0.05) is 22.2 Å². The Morgan fingerprint density at radius 1 is 1.29 bits per heavy atom.